The minimum absolute atomic E-state index is 0.132. The first-order chi connectivity index (χ1) is 7.53. The number of hydrogen-bond donors (Lipinski definition) is 2. The second-order valence-electron chi connectivity index (χ2n) is 5.24. The number of anilines is 1. The molecule has 1 heterocycles. The van der Waals surface area contributed by atoms with E-state index < -0.39 is 0 Å². The minimum Gasteiger partial charge on any atom is -0.488 e. The van der Waals surface area contributed by atoms with Crippen LogP contribution in [0, 0.1) is 0 Å². The molecule has 2 rings (SSSR count). The Morgan fingerprint density at radius 2 is 1.81 bits per heavy atom. The Balaban J connectivity index is 1.93. The van der Waals surface area contributed by atoms with Crippen molar-refractivity contribution in [2.45, 2.75) is 32.4 Å². The summed E-state index contributed by atoms with van der Waals surface area (Å²) >= 11 is 0. The topological polar surface area (TPSA) is 33.3 Å². The SMILES string of the molecule is CC(C)(C)Oc1ccc(NC2CNC2)cc1. The van der Waals surface area contributed by atoms with Gasteiger partial charge in [-0.2, -0.15) is 0 Å². The molecule has 3 heteroatoms. The Morgan fingerprint density at radius 3 is 2.25 bits per heavy atom. The Labute approximate surface area is 97.2 Å². The standard InChI is InChI=1S/C13H20N2O/c1-13(2,3)16-12-6-4-10(5-7-12)15-11-8-14-9-11/h4-7,11,14-15H,8-9H2,1-3H3. The van der Waals surface area contributed by atoms with E-state index in [4.69, 9.17) is 4.74 Å². The maximum absolute atomic E-state index is 5.76. The van der Waals surface area contributed by atoms with E-state index in [1.165, 1.54) is 0 Å². The molecule has 0 radical (unpaired) electrons. The van der Waals surface area contributed by atoms with E-state index in [1.807, 2.05) is 12.1 Å². The number of ether oxygens (including phenoxy) is 1. The molecule has 1 aliphatic heterocycles. The lowest BCUT2D eigenvalue weighted by Crippen LogP contribution is -2.51. The summed E-state index contributed by atoms with van der Waals surface area (Å²) in [6.45, 7) is 8.28. The van der Waals surface area contributed by atoms with Crippen molar-refractivity contribution in [3.63, 3.8) is 0 Å². The molecule has 1 aliphatic rings. The summed E-state index contributed by atoms with van der Waals surface area (Å²) in [6, 6.07) is 8.74. The van der Waals surface area contributed by atoms with E-state index in [0.29, 0.717) is 6.04 Å². The molecule has 0 spiro atoms. The fraction of sp³-hybridized carbons (Fsp3) is 0.538. The van der Waals surface area contributed by atoms with E-state index >= 15 is 0 Å². The fourth-order valence-corrected chi connectivity index (χ4v) is 1.60. The molecular formula is C13H20N2O. The largest absolute Gasteiger partial charge is 0.488 e. The average molecular weight is 220 g/mol. The summed E-state index contributed by atoms with van der Waals surface area (Å²) in [5.41, 5.74) is 1.03. The molecule has 2 N–H and O–H groups in total. The number of hydrogen-bond acceptors (Lipinski definition) is 3. The molecule has 1 fully saturated rings. The zero-order valence-corrected chi connectivity index (χ0v) is 10.2. The minimum atomic E-state index is -0.132. The van der Waals surface area contributed by atoms with Crippen molar-refractivity contribution in [3.05, 3.63) is 24.3 Å². The molecular weight excluding hydrogens is 200 g/mol. The van der Waals surface area contributed by atoms with Crippen molar-refractivity contribution < 1.29 is 4.74 Å². The molecule has 0 unspecified atom stereocenters. The Bertz CT molecular complexity index is 336. The van der Waals surface area contributed by atoms with Crippen LogP contribution in [0.1, 0.15) is 20.8 Å². The molecule has 16 heavy (non-hydrogen) atoms. The zero-order valence-electron chi connectivity index (χ0n) is 10.2. The smallest absolute Gasteiger partial charge is 0.120 e. The van der Waals surface area contributed by atoms with E-state index in [1.54, 1.807) is 0 Å². The third kappa shape index (κ3) is 3.14. The van der Waals surface area contributed by atoms with Crippen molar-refractivity contribution in [2.75, 3.05) is 18.4 Å². The molecule has 0 aromatic heterocycles. The predicted octanol–water partition coefficient (Wildman–Crippen LogP) is 2.25. The zero-order chi connectivity index (χ0) is 11.6. The maximum Gasteiger partial charge on any atom is 0.120 e. The molecule has 3 nitrogen and oxygen atoms in total. The third-order valence-electron chi connectivity index (χ3n) is 2.43. The summed E-state index contributed by atoms with van der Waals surface area (Å²) < 4.78 is 5.76. The van der Waals surface area contributed by atoms with Gasteiger partial charge in [-0.05, 0) is 45.0 Å². The summed E-state index contributed by atoms with van der Waals surface area (Å²) in [5.74, 6) is 0.921. The van der Waals surface area contributed by atoms with Gasteiger partial charge in [-0.25, -0.2) is 0 Å². The van der Waals surface area contributed by atoms with Crippen molar-refractivity contribution in [2.24, 2.45) is 0 Å². The van der Waals surface area contributed by atoms with Gasteiger partial charge in [0.2, 0.25) is 0 Å². The molecule has 1 aromatic carbocycles. The van der Waals surface area contributed by atoms with Crippen molar-refractivity contribution in [3.8, 4) is 5.75 Å². The van der Waals surface area contributed by atoms with Crippen LogP contribution in [0.5, 0.6) is 5.75 Å². The lowest BCUT2D eigenvalue weighted by molar-refractivity contribution is 0.131. The highest BCUT2D eigenvalue weighted by atomic mass is 16.5. The Kier molecular flexibility index (Phi) is 3.06. The van der Waals surface area contributed by atoms with Gasteiger partial charge in [0, 0.05) is 18.8 Å². The molecule has 0 aliphatic carbocycles. The van der Waals surface area contributed by atoms with Crippen LogP contribution in [0.4, 0.5) is 5.69 Å². The molecule has 0 bridgehead atoms. The van der Waals surface area contributed by atoms with Gasteiger partial charge in [-0.1, -0.05) is 0 Å². The van der Waals surface area contributed by atoms with Gasteiger partial charge in [-0.3, -0.25) is 0 Å². The molecule has 88 valence electrons. The highest BCUT2D eigenvalue weighted by molar-refractivity contribution is 5.47. The van der Waals surface area contributed by atoms with Crippen LogP contribution in [0.15, 0.2) is 24.3 Å². The first-order valence-corrected chi connectivity index (χ1v) is 5.79. The number of rotatable bonds is 3. The summed E-state index contributed by atoms with van der Waals surface area (Å²) in [6.07, 6.45) is 0. The first-order valence-electron chi connectivity index (χ1n) is 5.79. The second-order valence-corrected chi connectivity index (χ2v) is 5.24. The number of nitrogens with one attached hydrogen (secondary N) is 2. The van der Waals surface area contributed by atoms with Crippen LogP contribution in [-0.2, 0) is 0 Å². The van der Waals surface area contributed by atoms with Gasteiger partial charge in [0.1, 0.15) is 11.4 Å². The van der Waals surface area contributed by atoms with Gasteiger partial charge in [-0.15, -0.1) is 0 Å². The normalized spacial score (nSPS) is 16.7. The lowest BCUT2D eigenvalue weighted by atomic mass is 10.1. The van der Waals surface area contributed by atoms with Gasteiger partial charge in [0.05, 0.1) is 6.04 Å². The quantitative estimate of drug-likeness (QED) is 0.819. The van der Waals surface area contributed by atoms with Gasteiger partial charge in [0.15, 0.2) is 0 Å². The van der Waals surface area contributed by atoms with Gasteiger partial charge in [0.25, 0.3) is 0 Å². The van der Waals surface area contributed by atoms with Gasteiger partial charge >= 0.3 is 0 Å². The van der Waals surface area contributed by atoms with Crippen LogP contribution in [0.3, 0.4) is 0 Å². The van der Waals surface area contributed by atoms with Crippen LogP contribution in [0.2, 0.25) is 0 Å². The highest BCUT2D eigenvalue weighted by Crippen LogP contribution is 2.21. The molecule has 1 saturated heterocycles. The highest BCUT2D eigenvalue weighted by Gasteiger charge is 2.16. The van der Waals surface area contributed by atoms with Gasteiger partial charge < -0.3 is 15.4 Å². The molecule has 0 amide bonds. The first kappa shape index (κ1) is 11.3. The monoisotopic (exact) mass is 220 g/mol. The van der Waals surface area contributed by atoms with Crippen LogP contribution in [0.25, 0.3) is 0 Å². The Hall–Kier alpha value is -1.22. The van der Waals surface area contributed by atoms with Crippen LogP contribution in [-0.4, -0.2) is 24.7 Å². The van der Waals surface area contributed by atoms with Crippen LogP contribution < -0.4 is 15.4 Å². The Morgan fingerprint density at radius 1 is 1.19 bits per heavy atom. The summed E-state index contributed by atoms with van der Waals surface area (Å²) in [4.78, 5) is 0. The fourth-order valence-electron chi connectivity index (χ4n) is 1.60. The van der Waals surface area contributed by atoms with Crippen molar-refractivity contribution >= 4 is 5.69 Å². The van der Waals surface area contributed by atoms with E-state index in [2.05, 4.69) is 43.5 Å². The van der Waals surface area contributed by atoms with E-state index in [-0.39, 0.29) is 5.60 Å². The summed E-state index contributed by atoms with van der Waals surface area (Å²) in [7, 11) is 0. The molecule has 0 atom stereocenters. The van der Waals surface area contributed by atoms with Crippen molar-refractivity contribution in [1.82, 2.24) is 5.32 Å². The predicted molar refractivity (Wildman–Crippen MR) is 67.1 cm³/mol. The van der Waals surface area contributed by atoms with E-state index in [9.17, 15) is 0 Å². The van der Waals surface area contributed by atoms with Crippen LogP contribution >= 0.6 is 0 Å². The third-order valence-corrected chi connectivity index (χ3v) is 2.43. The summed E-state index contributed by atoms with van der Waals surface area (Å²) in [5, 5.41) is 6.69. The van der Waals surface area contributed by atoms with Crippen molar-refractivity contribution in [1.29, 1.82) is 0 Å². The second kappa shape index (κ2) is 4.34. The van der Waals surface area contributed by atoms with E-state index in [0.717, 1.165) is 24.5 Å². The molecule has 1 aromatic rings. The lowest BCUT2D eigenvalue weighted by Gasteiger charge is -2.29. The molecule has 0 saturated carbocycles. The average Bonchev–Trinajstić information content (AvgIpc) is 2.11. The maximum atomic E-state index is 5.76. The number of benzene rings is 1.